The second-order valence-electron chi connectivity index (χ2n) is 6.23. The van der Waals surface area contributed by atoms with E-state index in [0.29, 0.717) is 28.6 Å². The Morgan fingerprint density at radius 1 is 1.21 bits per heavy atom. The lowest BCUT2D eigenvalue weighted by Crippen LogP contribution is -2.29. The fourth-order valence-electron chi connectivity index (χ4n) is 3.29. The molecule has 1 fully saturated rings. The molecule has 1 aliphatic rings. The van der Waals surface area contributed by atoms with Crippen LogP contribution < -0.4 is 9.64 Å². The van der Waals surface area contributed by atoms with E-state index in [1.807, 2.05) is 6.92 Å². The Morgan fingerprint density at radius 2 is 2.00 bits per heavy atom. The van der Waals surface area contributed by atoms with Crippen LogP contribution in [0.25, 0.3) is 5.76 Å². The number of aliphatic hydroxyl groups is 1. The Hall–Kier alpha value is -3.52. The van der Waals surface area contributed by atoms with E-state index in [0.717, 1.165) is 0 Å². The van der Waals surface area contributed by atoms with Crippen LogP contribution in [-0.4, -0.2) is 33.4 Å². The molecule has 0 aliphatic carbocycles. The molecular formula is C21H17N3O4S. The topological polar surface area (TPSA) is 92.6 Å². The standard InChI is InChI=1S/C21H17N3O4S/c1-2-28-15-5-3-4-14(12-15)17-16(18(25)13-6-8-22-9-7-13)19(26)20(27)24(17)21-23-10-11-29-21/h3-12,17,25H,2H2,1H3/b18-16+. The summed E-state index contributed by atoms with van der Waals surface area (Å²) in [4.78, 5) is 35.3. The predicted octanol–water partition coefficient (Wildman–Crippen LogP) is 3.56. The van der Waals surface area contributed by atoms with Crippen molar-refractivity contribution in [3.8, 4) is 5.75 Å². The first-order chi connectivity index (χ1) is 14.1. The summed E-state index contributed by atoms with van der Waals surface area (Å²) in [5, 5.41) is 13.0. The van der Waals surface area contributed by atoms with Gasteiger partial charge in [0, 0.05) is 29.5 Å². The Labute approximate surface area is 170 Å². The maximum Gasteiger partial charge on any atom is 0.301 e. The van der Waals surface area contributed by atoms with Crippen LogP contribution in [0.3, 0.4) is 0 Å². The summed E-state index contributed by atoms with van der Waals surface area (Å²) in [7, 11) is 0. The molecule has 4 rings (SSSR count). The molecule has 2 aromatic heterocycles. The SMILES string of the molecule is CCOc1cccc(C2/C(=C(\O)c3ccncc3)C(=O)C(=O)N2c2nccs2)c1. The van der Waals surface area contributed by atoms with E-state index in [4.69, 9.17) is 4.74 Å². The number of hydrogen-bond acceptors (Lipinski definition) is 7. The van der Waals surface area contributed by atoms with Crippen molar-refractivity contribution in [2.45, 2.75) is 13.0 Å². The number of aromatic nitrogens is 2. The van der Waals surface area contributed by atoms with E-state index in [-0.39, 0.29) is 11.3 Å². The lowest BCUT2D eigenvalue weighted by atomic mass is 9.95. The summed E-state index contributed by atoms with van der Waals surface area (Å²) >= 11 is 1.24. The van der Waals surface area contributed by atoms with Crippen molar-refractivity contribution < 1.29 is 19.4 Å². The fraction of sp³-hybridized carbons (Fsp3) is 0.143. The summed E-state index contributed by atoms with van der Waals surface area (Å²) in [6, 6.07) is 9.48. The number of thiazole rings is 1. The van der Waals surface area contributed by atoms with Crippen LogP contribution in [0.5, 0.6) is 5.75 Å². The maximum absolute atomic E-state index is 12.9. The maximum atomic E-state index is 12.9. The molecule has 1 aromatic carbocycles. The number of pyridine rings is 1. The zero-order valence-corrected chi connectivity index (χ0v) is 16.3. The third kappa shape index (κ3) is 3.38. The van der Waals surface area contributed by atoms with Crippen LogP contribution in [0.15, 0.2) is 65.9 Å². The van der Waals surface area contributed by atoms with E-state index < -0.39 is 17.7 Å². The van der Waals surface area contributed by atoms with Gasteiger partial charge in [-0.3, -0.25) is 19.5 Å². The normalized spacial score (nSPS) is 18.2. The lowest BCUT2D eigenvalue weighted by Gasteiger charge is -2.23. The van der Waals surface area contributed by atoms with E-state index in [1.165, 1.54) is 28.6 Å². The summed E-state index contributed by atoms with van der Waals surface area (Å²) in [5.41, 5.74) is 1.05. The number of rotatable bonds is 5. The molecule has 1 atom stereocenters. The first kappa shape index (κ1) is 18.8. The first-order valence-electron chi connectivity index (χ1n) is 8.95. The first-order valence-corrected chi connectivity index (χ1v) is 9.83. The zero-order chi connectivity index (χ0) is 20.4. The molecule has 0 bridgehead atoms. The number of Topliss-reactive ketones (excluding diaryl/α,β-unsaturated/α-hetero) is 1. The number of carbonyl (C=O) groups is 2. The van der Waals surface area contributed by atoms with Crippen molar-refractivity contribution in [2.75, 3.05) is 11.5 Å². The molecule has 8 heteroatoms. The Bertz CT molecular complexity index is 1080. The molecule has 0 saturated carbocycles. The van der Waals surface area contributed by atoms with E-state index in [2.05, 4.69) is 9.97 Å². The number of carbonyl (C=O) groups excluding carboxylic acids is 2. The predicted molar refractivity (Wildman–Crippen MR) is 109 cm³/mol. The van der Waals surface area contributed by atoms with Crippen molar-refractivity contribution in [1.82, 2.24) is 9.97 Å². The zero-order valence-electron chi connectivity index (χ0n) is 15.5. The molecule has 1 saturated heterocycles. The number of nitrogens with zero attached hydrogens (tertiary/aromatic N) is 3. The highest BCUT2D eigenvalue weighted by Crippen LogP contribution is 2.43. The smallest absolute Gasteiger partial charge is 0.301 e. The van der Waals surface area contributed by atoms with Gasteiger partial charge in [0.05, 0.1) is 18.2 Å². The summed E-state index contributed by atoms with van der Waals surface area (Å²) < 4.78 is 5.58. The Balaban J connectivity index is 1.92. The van der Waals surface area contributed by atoms with Crippen LogP contribution in [0.1, 0.15) is 24.1 Å². The second kappa shape index (κ2) is 7.84. The highest BCUT2D eigenvalue weighted by molar-refractivity contribution is 7.14. The number of amides is 1. The van der Waals surface area contributed by atoms with E-state index >= 15 is 0 Å². The van der Waals surface area contributed by atoms with E-state index in [1.54, 1.807) is 48.0 Å². The highest BCUT2D eigenvalue weighted by atomic mass is 32.1. The van der Waals surface area contributed by atoms with Crippen molar-refractivity contribution in [3.05, 3.63) is 77.1 Å². The van der Waals surface area contributed by atoms with Crippen LogP contribution in [-0.2, 0) is 9.59 Å². The minimum Gasteiger partial charge on any atom is -0.507 e. The van der Waals surface area contributed by atoms with Gasteiger partial charge in [-0.2, -0.15) is 0 Å². The van der Waals surface area contributed by atoms with Crippen LogP contribution in [0.4, 0.5) is 5.13 Å². The minimum absolute atomic E-state index is 0.00467. The lowest BCUT2D eigenvalue weighted by molar-refractivity contribution is -0.132. The average Bonchev–Trinajstić information content (AvgIpc) is 3.36. The minimum atomic E-state index is -0.824. The van der Waals surface area contributed by atoms with Gasteiger partial charge in [0.25, 0.3) is 5.78 Å². The Kier molecular flexibility index (Phi) is 5.09. The molecule has 0 spiro atoms. The number of hydrogen-bond donors (Lipinski definition) is 1. The van der Waals surface area contributed by atoms with Crippen LogP contribution in [0.2, 0.25) is 0 Å². The largest absolute Gasteiger partial charge is 0.507 e. The molecule has 1 aliphatic heterocycles. The molecule has 1 unspecified atom stereocenters. The van der Waals surface area contributed by atoms with Gasteiger partial charge in [0.1, 0.15) is 11.5 Å². The van der Waals surface area contributed by atoms with Gasteiger partial charge >= 0.3 is 5.91 Å². The second-order valence-corrected chi connectivity index (χ2v) is 7.10. The van der Waals surface area contributed by atoms with Gasteiger partial charge in [-0.1, -0.05) is 12.1 Å². The van der Waals surface area contributed by atoms with Crippen molar-refractivity contribution in [2.24, 2.45) is 0 Å². The molecule has 146 valence electrons. The number of aliphatic hydroxyl groups excluding tert-OH is 1. The molecule has 29 heavy (non-hydrogen) atoms. The molecule has 7 nitrogen and oxygen atoms in total. The highest BCUT2D eigenvalue weighted by Gasteiger charge is 2.48. The fourth-order valence-corrected chi connectivity index (χ4v) is 3.95. The van der Waals surface area contributed by atoms with Gasteiger partial charge in [0.2, 0.25) is 0 Å². The summed E-state index contributed by atoms with van der Waals surface area (Å²) in [6.45, 7) is 2.35. The van der Waals surface area contributed by atoms with Crippen LogP contribution >= 0.6 is 11.3 Å². The monoisotopic (exact) mass is 407 g/mol. The summed E-state index contributed by atoms with van der Waals surface area (Å²) in [5.74, 6) is -1.14. The summed E-state index contributed by atoms with van der Waals surface area (Å²) in [6.07, 6.45) is 4.59. The van der Waals surface area contributed by atoms with Crippen molar-refractivity contribution in [3.63, 3.8) is 0 Å². The molecule has 3 heterocycles. The molecule has 1 N–H and O–H groups in total. The molecule has 3 aromatic rings. The number of ketones is 1. The number of ether oxygens (including phenoxy) is 1. The average molecular weight is 407 g/mol. The van der Waals surface area contributed by atoms with Gasteiger partial charge in [0.15, 0.2) is 5.13 Å². The van der Waals surface area contributed by atoms with Crippen LogP contribution in [0, 0.1) is 0 Å². The third-order valence-electron chi connectivity index (χ3n) is 4.51. The van der Waals surface area contributed by atoms with Gasteiger partial charge in [-0.05, 0) is 36.8 Å². The van der Waals surface area contributed by atoms with Gasteiger partial charge < -0.3 is 9.84 Å². The van der Waals surface area contributed by atoms with Crippen molar-refractivity contribution >= 4 is 33.9 Å². The molecule has 1 amide bonds. The van der Waals surface area contributed by atoms with Gasteiger partial charge in [-0.15, -0.1) is 11.3 Å². The quantitative estimate of drug-likeness (QED) is 0.395. The van der Waals surface area contributed by atoms with E-state index in [9.17, 15) is 14.7 Å². The third-order valence-corrected chi connectivity index (χ3v) is 5.28. The Morgan fingerprint density at radius 3 is 2.69 bits per heavy atom. The molecule has 0 radical (unpaired) electrons. The van der Waals surface area contributed by atoms with Gasteiger partial charge in [-0.25, -0.2) is 4.98 Å². The molecular weight excluding hydrogens is 390 g/mol. The number of benzene rings is 1. The van der Waals surface area contributed by atoms with Crippen molar-refractivity contribution in [1.29, 1.82) is 0 Å². The number of anilines is 1.